The second-order valence-corrected chi connectivity index (χ2v) is 4.26. The standard InChI is InChI=1S/C11H19N3O4/c1-2-8(10(16)17)14-11(18)13-6-5-12-9(15)7-3-4-7/h7-8H,2-6H2,1H3,(H,12,15)(H,16,17)(H2,13,14,18)/t8-/m1/s1. The van der Waals surface area contributed by atoms with Gasteiger partial charge in [-0.15, -0.1) is 0 Å². The van der Waals surface area contributed by atoms with Gasteiger partial charge in [-0.3, -0.25) is 4.79 Å². The Bertz CT molecular complexity index is 328. The summed E-state index contributed by atoms with van der Waals surface area (Å²) in [5.74, 6) is -0.890. The van der Waals surface area contributed by atoms with Crippen molar-refractivity contribution in [3.63, 3.8) is 0 Å². The number of aliphatic carboxylic acids is 1. The molecular weight excluding hydrogens is 238 g/mol. The van der Waals surface area contributed by atoms with Crippen LogP contribution in [0.15, 0.2) is 0 Å². The van der Waals surface area contributed by atoms with Crippen molar-refractivity contribution in [1.29, 1.82) is 0 Å². The summed E-state index contributed by atoms with van der Waals surface area (Å²) in [6.45, 7) is 2.31. The van der Waals surface area contributed by atoms with Crippen LogP contribution >= 0.6 is 0 Å². The Labute approximate surface area is 105 Å². The van der Waals surface area contributed by atoms with Gasteiger partial charge in [0.1, 0.15) is 6.04 Å². The summed E-state index contributed by atoms with van der Waals surface area (Å²) in [6, 6.07) is -1.42. The fourth-order valence-electron chi connectivity index (χ4n) is 1.40. The lowest BCUT2D eigenvalue weighted by Gasteiger charge is -2.13. The van der Waals surface area contributed by atoms with Crippen molar-refractivity contribution in [2.24, 2.45) is 5.92 Å². The molecule has 1 fully saturated rings. The van der Waals surface area contributed by atoms with Gasteiger partial charge in [0.05, 0.1) is 0 Å². The summed E-state index contributed by atoms with van der Waals surface area (Å²) in [5.41, 5.74) is 0. The van der Waals surface area contributed by atoms with E-state index in [0.29, 0.717) is 13.0 Å². The average molecular weight is 257 g/mol. The lowest BCUT2D eigenvalue weighted by molar-refractivity contribution is -0.139. The van der Waals surface area contributed by atoms with Crippen molar-refractivity contribution in [2.45, 2.75) is 32.2 Å². The molecule has 1 rings (SSSR count). The van der Waals surface area contributed by atoms with Crippen LogP contribution in [-0.4, -0.2) is 42.1 Å². The fraction of sp³-hybridized carbons (Fsp3) is 0.727. The van der Waals surface area contributed by atoms with E-state index in [1.54, 1.807) is 6.92 Å². The number of carbonyl (C=O) groups is 3. The summed E-state index contributed by atoms with van der Waals surface area (Å²) in [5, 5.41) is 16.2. The van der Waals surface area contributed by atoms with Crippen molar-refractivity contribution in [3.8, 4) is 0 Å². The molecule has 4 N–H and O–H groups in total. The summed E-state index contributed by atoms with van der Waals surface area (Å²) < 4.78 is 0. The summed E-state index contributed by atoms with van der Waals surface area (Å²) in [4.78, 5) is 33.2. The molecule has 7 heteroatoms. The Kier molecular flexibility index (Phi) is 5.41. The van der Waals surface area contributed by atoms with Crippen LogP contribution in [0.3, 0.4) is 0 Å². The molecule has 0 radical (unpaired) electrons. The van der Waals surface area contributed by atoms with E-state index >= 15 is 0 Å². The van der Waals surface area contributed by atoms with E-state index in [1.165, 1.54) is 0 Å². The van der Waals surface area contributed by atoms with Crippen molar-refractivity contribution >= 4 is 17.9 Å². The number of nitrogens with one attached hydrogen (secondary N) is 3. The second-order valence-electron chi connectivity index (χ2n) is 4.26. The molecule has 1 aliphatic carbocycles. The summed E-state index contributed by atoms with van der Waals surface area (Å²) in [7, 11) is 0. The average Bonchev–Trinajstić information content (AvgIpc) is 3.14. The molecule has 3 amide bonds. The topological polar surface area (TPSA) is 108 Å². The molecule has 0 aromatic carbocycles. The lowest BCUT2D eigenvalue weighted by atomic mass is 10.2. The minimum absolute atomic E-state index is 0.0224. The lowest BCUT2D eigenvalue weighted by Crippen LogP contribution is -2.47. The zero-order valence-corrected chi connectivity index (χ0v) is 10.4. The van der Waals surface area contributed by atoms with Gasteiger partial charge in [0.25, 0.3) is 0 Å². The van der Waals surface area contributed by atoms with Crippen molar-refractivity contribution in [3.05, 3.63) is 0 Å². The fourth-order valence-corrected chi connectivity index (χ4v) is 1.40. The largest absolute Gasteiger partial charge is 0.480 e. The molecule has 0 aliphatic heterocycles. The zero-order valence-electron chi connectivity index (χ0n) is 10.4. The van der Waals surface area contributed by atoms with Crippen LogP contribution in [-0.2, 0) is 9.59 Å². The van der Waals surface area contributed by atoms with E-state index in [1.807, 2.05) is 0 Å². The molecular formula is C11H19N3O4. The maximum absolute atomic E-state index is 11.3. The van der Waals surface area contributed by atoms with Crippen LogP contribution in [0.2, 0.25) is 0 Å². The predicted octanol–water partition coefficient (Wildman–Crippen LogP) is -0.325. The molecule has 1 aliphatic rings. The van der Waals surface area contributed by atoms with Crippen molar-refractivity contribution in [2.75, 3.05) is 13.1 Å². The molecule has 0 spiro atoms. The van der Waals surface area contributed by atoms with E-state index in [4.69, 9.17) is 5.11 Å². The number of amides is 3. The Morgan fingerprint density at radius 1 is 1.22 bits per heavy atom. The summed E-state index contributed by atoms with van der Waals surface area (Å²) in [6.07, 6.45) is 2.20. The van der Waals surface area contributed by atoms with Crippen molar-refractivity contribution in [1.82, 2.24) is 16.0 Å². The van der Waals surface area contributed by atoms with Gasteiger partial charge in [-0.05, 0) is 19.3 Å². The first-order chi connectivity index (χ1) is 8.54. The number of hydrogen-bond donors (Lipinski definition) is 4. The molecule has 0 bridgehead atoms. The number of carboxylic acid groups (broad SMARTS) is 1. The van der Waals surface area contributed by atoms with Gasteiger partial charge in [0, 0.05) is 19.0 Å². The van der Waals surface area contributed by atoms with E-state index in [2.05, 4.69) is 16.0 Å². The normalized spacial score (nSPS) is 15.6. The first-order valence-corrected chi connectivity index (χ1v) is 6.09. The van der Waals surface area contributed by atoms with Crippen LogP contribution in [0, 0.1) is 5.92 Å². The molecule has 7 nitrogen and oxygen atoms in total. The van der Waals surface area contributed by atoms with Crippen molar-refractivity contribution < 1.29 is 19.5 Å². The van der Waals surface area contributed by atoms with E-state index in [9.17, 15) is 14.4 Å². The third kappa shape index (κ3) is 5.03. The Morgan fingerprint density at radius 2 is 1.83 bits per heavy atom. The maximum atomic E-state index is 11.3. The number of carboxylic acids is 1. The van der Waals surface area contributed by atoms with E-state index in [0.717, 1.165) is 12.8 Å². The quantitative estimate of drug-likeness (QED) is 0.468. The number of hydrogen-bond acceptors (Lipinski definition) is 3. The van der Waals surface area contributed by atoms with Gasteiger partial charge in [0.15, 0.2) is 0 Å². The van der Waals surface area contributed by atoms with Gasteiger partial charge in [0.2, 0.25) is 5.91 Å². The molecule has 102 valence electrons. The minimum Gasteiger partial charge on any atom is -0.480 e. The molecule has 0 aromatic heterocycles. The maximum Gasteiger partial charge on any atom is 0.326 e. The number of urea groups is 1. The van der Waals surface area contributed by atoms with Gasteiger partial charge in [-0.2, -0.15) is 0 Å². The van der Waals surface area contributed by atoms with Crippen LogP contribution in [0.1, 0.15) is 26.2 Å². The SMILES string of the molecule is CC[C@@H](NC(=O)NCCNC(=O)C1CC1)C(=O)O. The zero-order chi connectivity index (χ0) is 13.5. The molecule has 0 aromatic rings. The number of carbonyl (C=O) groups excluding carboxylic acids is 2. The van der Waals surface area contributed by atoms with Gasteiger partial charge in [-0.1, -0.05) is 6.92 Å². The van der Waals surface area contributed by atoms with E-state index in [-0.39, 0.29) is 18.4 Å². The first-order valence-electron chi connectivity index (χ1n) is 6.09. The Morgan fingerprint density at radius 3 is 2.33 bits per heavy atom. The third-order valence-electron chi connectivity index (χ3n) is 2.67. The second kappa shape index (κ2) is 6.83. The first kappa shape index (κ1) is 14.3. The minimum atomic E-state index is -1.06. The number of rotatable bonds is 7. The molecule has 18 heavy (non-hydrogen) atoms. The van der Waals surface area contributed by atoms with Crippen LogP contribution in [0.5, 0.6) is 0 Å². The highest BCUT2D eigenvalue weighted by molar-refractivity contribution is 5.82. The third-order valence-corrected chi connectivity index (χ3v) is 2.67. The van der Waals surface area contributed by atoms with Gasteiger partial charge < -0.3 is 21.1 Å². The summed E-state index contributed by atoms with van der Waals surface area (Å²) >= 11 is 0. The highest BCUT2D eigenvalue weighted by Gasteiger charge is 2.29. The molecule has 0 heterocycles. The molecule has 1 saturated carbocycles. The molecule has 0 unspecified atom stereocenters. The predicted molar refractivity (Wildman–Crippen MR) is 64.0 cm³/mol. The van der Waals surface area contributed by atoms with Gasteiger partial charge in [-0.25, -0.2) is 9.59 Å². The Balaban J connectivity index is 2.08. The Hall–Kier alpha value is -1.79. The monoisotopic (exact) mass is 257 g/mol. The van der Waals surface area contributed by atoms with Crippen LogP contribution in [0.25, 0.3) is 0 Å². The van der Waals surface area contributed by atoms with Gasteiger partial charge >= 0.3 is 12.0 Å². The highest BCUT2D eigenvalue weighted by atomic mass is 16.4. The molecule has 0 saturated heterocycles. The van der Waals surface area contributed by atoms with Crippen LogP contribution in [0.4, 0.5) is 4.79 Å². The van der Waals surface area contributed by atoms with E-state index < -0.39 is 18.0 Å². The highest BCUT2D eigenvalue weighted by Crippen LogP contribution is 2.28. The van der Waals surface area contributed by atoms with Crippen LogP contribution < -0.4 is 16.0 Å². The molecule has 1 atom stereocenters. The smallest absolute Gasteiger partial charge is 0.326 e.